The van der Waals surface area contributed by atoms with Gasteiger partial charge < -0.3 is 10.1 Å². The number of hydrogen-bond acceptors (Lipinski definition) is 3. The van der Waals surface area contributed by atoms with Crippen LogP contribution in [0.1, 0.15) is 10.4 Å². The highest BCUT2D eigenvalue weighted by Crippen LogP contribution is 2.21. The summed E-state index contributed by atoms with van der Waals surface area (Å²) < 4.78 is 5.58. The Morgan fingerprint density at radius 3 is 2.85 bits per heavy atom. The molecule has 0 fully saturated rings. The third kappa shape index (κ3) is 4.66. The Morgan fingerprint density at radius 1 is 1.12 bits per heavy atom. The molecule has 2 aromatic carbocycles. The molecule has 0 aliphatic rings. The minimum Gasteiger partial charge on any atom is -0.481 e. The number of nitrogens with zero attached hydrogens (tertiary/aromatic N) is 1. The maximum atomic E-state index is 12.0. The number of ether oxygens (including phenoxy) is 1. The fourth-order valence-electron chi connectivity index (χ4n) is 2.26. The normalized spacial score (nSPS) is 10.1. The zero-order valence-electron chi connectivity index (χ0n) is 13.6. The maximum Gasteiger partial charge on any atom is 0.253 e. The SMILES string of the molecule is O=C(NCC#CCOc1ccc2cccnc2c1)c1ccc(Cl)cc1Cl. The van der Waals surface area contributed by atoms with Crippen LogP contribution >= 0.6 is 23.2 Å². The summed E-state index contributed by atoms with van der Waals surface area (Å²) in [6.45, 7) is 0.413. The molecule has 3 aromatic rings. The molecule has 1 heterocycles. The second-order valence-corrected chi connectivity index (χ2v) is 6.15. The summed E-state index contributed by atoms with van der Waals surface area (Å²) in [4.78, 5) is 16.3. The molecule has 1 amide bonds. The van der Waals surface area contributed by atoms with Crippen LogP contribution in [0, 0.1) is 11.8 Å². The molecule has 0 radical (unpaired) electrons. The lowest BCUT2D eigenvalue weighted by atomic mass is 10.2. The van der Waals surface area contributed by atoms with Crippen LogP contribution in [0.4, 0.5) is 0 Å². The van der Waals surface area contributed by atoms with Crippen LogP contribution in [0.25, 0.3) is 10.9 Å². The number of aromatic nitrogens is 1. The molecule has 4 nitrogen and oxygen atoms in total. The van der Waals surface area contributed by atoms with Crippen LogP contribution in [-0.4, -0.2) is 24.0 Å². The van der Waals surface area contributed by atoms with Gasteiger partial charge in [-0.1, -0.05) is 41.1 Å². The van der Waals surface area contributed by atoms with Crippen molar-refractivity contribution in [1.29, 1.82) is 0 Å². The predicted octanol–water partition coefficient (Wildman–Crippen LogP) is 4.35. The summed E-state index contributed by atoms with van der Waals surface area (Å²) in [7, 11) is 0. The highest BCUT2D eigenvalue weighted by atomic mass is 35.5. The Balaban J connectivity index is 1.48. The average molecular weight is 385 g/mol. The Morgan fingerprint density at radius 2 is 2.00 bits per heavy atom. The average Bonchev–Trinajstić information content (AvgIpc) is 2.64. The van der Waals surface area contributed by atoms with Gasteiger partial charge in [-0.05, 0) is 36.4 Å². The van der Waals surface area contributed by atoms with Crippen LogP contribution in [-0.2, 0) is 0 Å². The molecule has 6 heteroatoms. The summed E-state index contributed by atoms with van der Waals surface area (Å²) >= 11 is 11.8. The number of rotatable bonds is 4. The first-order valence-corrected chi connectivity index (χ1v) is 8.55. The Kier molecular flexibility index (Phi) is 5.96. The molecule has 26 heavy (non-hydrogen) atoms. The Labute approximate surface area is 161 Å². The van der Waals surface area contributed by atoms with E-state index in [1.807, 2.05) is 30.3 Å². The number of fused-ring (bicyclic) bond motifs is 1. The van der Waals surface area contributed by atoms with E-state index in [-0.39, 0.29) is 19.1 Å². The fourth-order valence-corrected chi connectivity index (χ4v) is 2.76. The standard InChI is InChI=1S/C20H14Cl2N2O2/c21-15-6-8-17(18(22)12-15)20(25)24-9-1-2-11-26-16-7-5-14-4-3-10-23-19(14)13-16/h3-8,10,12-13H,9,11H2,(H,24,25). The smallest absolute Gasteiger partial charge is 0.253 e. The van der Waals surface area contributed by atoms with Crippen LogP contribution in [0.5, 0.6) is 5.75 Å². The minimum atomic E-state index is -0.303. The third-order valence-electron chi connectivity index (χ3n) is 3.53. The Bertz CT molecular complexity index is 1010. The number of benzene rings is 2. The second kappa shape index (κ2) is 8.57. The van der Waals surface area contributed by atoms with Crippen molar-refractivity contribution >= 4 is 40.0 Å². The minimum absolute atomic E-state index is 0.195. The first kappa shape index (κ1) is 18.1. The number of hydrogen-bond donors (Lipinski definition) is 1. The molecule has 0 aliphatic carbocycles. The third-order valence-corrected chi connectivity index (χ3v) is 4.07. The summed E-state index contributed by atoms with van der Waals surface area (Å²) in [5.74, 6) is 6.08. The first-order valence-electron chi connectivity index (χ1n) is 7.80. The highest BCUT2D eigenvalue weighted by Gasteiger charge is 2.09. The summed E-state index contributed by atoms with van der Waals surface area (Å²) in [6, 6.07) is 14.3. The summed E-state index contributed by atoms with van der Waals surface area (Å²) in [6.07, 6.45) is 1.74. The van der Waals surface area contributed by atoms with E-state index in [4.69, 9.17) is 27.9 Å². The van der Waals surface area contributed by atoms with Gasteiger partial charge in [0.15, 0.2) is 0 Å². The van der Waals surface area contributed by atoms with Crippen LogP contribution in [0.3, 0.4) is 0 Å². The molecule has 0 bridgehead atoms. The number of nitrogens with one attached hydrogen (secondary N) is 1. The monoisotopic (exact) mass is 384 g/mol. The van der Waals surface area contributed by atoms with Crippen molar-refractivity contribution in [2.75, 3.05) is 13.2 Å². The van der Waals surface area contributed by atoms with E-state index < -0.39 is 0 Å². The van der Waals surface area contributed by atoms with E-state index in [9.17, 15) is 4.79 Å². The van der Waals surface area contributed by atoms with Crippen LogP contribution in [0.2, 0.25) is 10.0 Å². The lowest BCUT2D eigenvalue weighted by Gasteiger charge is -2.04. The summed E-state index contributed by atoms with van der Waals surface area (Å²) in [5, 5.41) is 4.51. The lowest BCUT2D eigenvalue weighted by molar-refractivity contribution is 0.0959. The molecule has 3 rings (SSSR count). The molecular weight excluding hydrogens is 371 g/mol. The van der Waals surface area contributed by atoms with E-state index in [1.165, 1.54) is 6.07 Å². The van der Waals surface area contributed by atoms with Gasteiger partial charge in [0.1, 0.15) is 12.4 Å². The largest absolute Gasteiger partial charge is 0.481 e. The van der Waals surface area contributed by atoms with E-state index in [2.05, 4.69) is 22.1 Å². The van der Waals surface area contributed by atoms with E-state index >= 15 is 0 Å². The zero-order valence-corrected chi connectivity index (χ0v) is 15.1. The molecule has 1 aromatic heterocycles. The second-order valence-electron chi connectivity index (χ2n) is 5.31. The van der Waals surface area contributed by atoms with Crippen molar-refractivity contribution in [3.05, 3.63) is 70.3 Å². The van der Waals surface area contributed by atoms with Crippen LogP contribution in [0.15, 0.2) is 54.7 Å². The van der Waals surface area contributed by atoms with Gasteiger partial charge in [0.05, 0.1) is 22.6 Å². The molecule has 130 valence electrons. The van der Waals surface area contributed by atoms with Gasteiger partial charge in [-0.25, -0.2) is 0 Å². The van der Waals surface area contributed by atoms with Gasteiger partial charge in [0, 0.05) is 22.7 Å². The molecular formula is C20H14Cl2N2O2. The van der Waals surface area contributed by atoms with Gasteiger partial charge in [-0.2, -0.15) is 0 Å². The zero-order chi connectivity index (χ0) is 18.4. The maximum absolute atomic E-state index is 12.0. The number of halogens is 2. The fraction of sp³-hybridized carbons (Fsp3) is 0.100. The van der Waals surface area contributed by atoms with E-state index in [0.717, 1.165) is 10.9 Å². The topological polar surface area (TPSA) is 51.2 Å². The molecule has 0 spiro atoms. The van der Waals surface area contributed by atoms with Crippen molar-refractivity contribution in [2.24, 2.45) is 0 Å². The number of pyridine rings is 1. The molecule has 0 atom stereocenters. The first-order chi connectivity index (χ1) is 12.6. The number of carbonyl (C=O) groups excluding carboxylic acids is 1. The summed E-state index contributed by atoms with van der Waals surface area (Å²) in [5.41, 5.74) is 1.22. The molecule has 0 aliphatic heterocycles. The van der Waals surface area contributed by atoms with Crippen molar-refractivity contribution in [3.63, 3.8) is 0 Å². The van der Waals surface area contributed by atoms with Crippen molar-refractivity contribution in [1.82, 2.24) is 10.3 Å². The van der Waals surface area contributed by atoms with Gasteiger partial charge in [0.25, 0.3) is 5.91 Å². The van der Waals surface area contributed by atoms with Crippen molar-refractivity contribution in [3.8, 4) is 17.6 Å². The van der Waals surface area contributed by atoms with Gasteiger partial charge in [0.2, 0.25) is 0 Å². The number of amides is 1. The van der Waals surface area contributed by atoms with Gasteiger partial charge >= 0.3 is 0 Å². The molecule has 0 saturated heterocycles. The van der Waals surface area contributed by atoms with Gasteiger partial charge in [-0.3, -0.25) is 9.78 Å². The van der Waals surface area contributed by atoms with Crippen molar-refractivity contribution in [2.45, 2.75) is 0 Å². The van der Waals surface area contributed by atoms with Crippen molar-refractivity contribution < 1.29 is 9.53 Å². The lowest BCUT2D eigenvalue weighted by Crippen LogP contribution is -2.23. The quantitative estimate of drug-likeness (QED) is 0.680. The number of carbonyl (C=O) groups is 1. The Hall–Kier alpha value is -2.74. The van der Waals surface area contributed by atoms with Crippen LogP contribution < -0.4 is 10.1 Å². The molecule has 0 unspecified atom stereocenters. The molecule has 0 saturated carbocycles. The van der Waals surface area contributed by atoms with E-state index in [0.29, 0.717) is 21.4 Å². The predicted molar refractivity (Wildman–Crippen MR) is 104 cm³/mol. The highest BCUT2D eigenvalue weighted by molar-refractivity contribution is 6.36. The van der Waals surface area contributed by atoms with Gasteiger partial charge in [-0.15, -0.1) is 0 Å². The molecule has 1 N–H and O–H groups in total. The van der Waals surface area contributed by atoms with E-state index in [1.54, 1.807) is 18.3 Å².